The normalized spacial score (nSPS) is 12.4. The van der Waals surface area contributed by atoms with Crippen molar-refractivity contribution < 1.29 is 4.74 Å². The molecular weight excluding hydrogens is 326 g/mol. The van der Waals surface area contributed by atoms with Crippen LogP contribution in [0.1, 0.15) is 24.9 Å². The average molecular weight is 342 g/mol. The van der Waals surface area contributed by atoms with E-state index in [0.29, 0.717) is 0 Å². The molecule has 0 aliphatic carbocycles. The molecule has 0 aliphatic heterocycles. The van der Waals surface area contributed by atoms with Crippen LogP contribution >= 0.6 is 27.3 Å². The third-order valence-corrected chi connectivity index (χ3v) is 4.56. The summed E-state index contributed by atoms with van der Waals surface area (Å²) in [6.07, 6.45) is 0. The molecule has 1 heterocycles. The highest BCUT2D eigenvalue weighted by atomic mass is 79.9. The summed E-state index contributed by atoms with van der Waals surface area (Å²) in [5.41, 5.74) is 1.01. The second-order valence-corrected chi connectivity index (χ2v) is 5.93. The van der Waals surface area contributed by atoms with Crippen LogP contribution in [0.2, 0.25) is 0 Å². The average Bonchev–Trinajstić information content (AvgIpc) is 2.89. The first-order valence-corrected chi connectivity index (χ1v) is 7.67. The highest BCUT2D eigenvalue weighted by Crippen LogP contribution is 2.34. The number of ether oxygens (including phenoxy) is 1. The van der Waals surface area contributed by atoms with E-state index in [4.69, 9.17) is 4.74 Å². The molecule has 0 saturated carbocycles. The van der Waals surface area contributed by atoms with Crippen molar-refractivity contribution in [1.82, 2.24) is 15.5 Å². The fraction of sp³-hybridized carbons (Fsp3) is 0.385. The van der Waals surface area contributed by atoms with E-state index >= 15 is 0 Å². The maximum atomic E-state index is 5.25. The van der Waals surface area contributed by atoms with Gasteiger partial charge in [0, 0.05) is 10.0 Å². The van der Waals surface area contributed by atoms with E-state index < -0.39 is 0 Å². The molecule has 1 N–H and O–H groups in total. The third kappa shape index (κ3) is 3.32. The van der Waals surface area contributed by atoms with Crippen molar-refractivity contribution in [3.8, 4) is 16.3 Å². The quantitative estimate of drug-likeness (QED) is 0.901. The largest absolute Gasteiger partial charge is 0.497 e. The lowest BCUT2D eigenvalue weighted by Crippen LogP contribution is -2.17. The van der Waals surface area contributed by atoms with E-state index in [1.54, 1.807) is 18.4 Å². The molecule has 2 aromatic rings. The summed E-state index contributed by atoms with van der Waals surface area (Å²) in [5.74, 6) is 0.815. The fourth-order valence-electron chi connectivity index (χ4n) is 1.71. The number of nitrogens with one attached hydrogen (secondary N) is 1. The van der Waals surface area contributed by atoms with Crippen LogP contribution in [0.3, 0.4) is 0 Å². The van der Waals surface area contributed by atoms with Gasteiger partial charge in [-0.15, -0.1) is 10.2 Å². The zero-order valence-electron chi connectivity index (χ0n) is 11.1. The number of hydrogen-bond donors (Lipinski definition) is 1. The highest BCUT2D eigenvalue weighted by molar-refractivity contribution is 9.10. The minimum absolute atomic E-state index is 0.223. The van der Waals surface area contributed by atoms with Gasteiger partial charge >= 0.3 is 0 Å². The summed E-state index contributed by atoms with van der Waals surface area (Å²) in [6.45, 7) is 5.09. The van der Waals surface area contributed by atoms with Gasteiger partial charge in [0.05, 0.1) is 13.2 Å². The number of halogens is 1. The zero-order valence-corrected chi connectivity index (χ0v) is 13.5. The number of methoxy groups -OCH3 is 1. The first kappa shape index (κ1) is 14.4. The van der Waals surface area contributed by atoms with Crippen molar-refractivity contribution in [2.75, 3.05) is 13.7 Å². The Bertz CT molecular complexity index is 559. The molecular formula is C13H16BrN3OS. The molecule has 1 atom stereocenters. The van der Waals surface area contributed by atoms with Crippen LogP contribution < -0.4 is 10.1 Å². The Morgan fingerprint density at radius 3 is 2.89 bits per heavy atom. The zero-order chi connectivity index (χ0) is 13.8. The molecule has 1 unspecified atom stereocenters. The van der Waals surface area contributed by atoms with E-state index in [-0.39, 0.29) is 6.04 Å². The molecule has 6 heteroatoms. The van der Waals surface area contributed by atoms with Crippen LogP contribution in [0.15, 0.2) is 22.7 Å². The summed E-state index contributed by atoms with van der Waals surface area (Å²) >= 11 is 5.14. The topological polar surface area (TPSA) is 47.0 Å². The molecule has 0 amide bonds. The van der Waals surface area contributed by atoms with Crippen molar-refractivity contribution in [2.45, 2.75) is 19.9 Å². The Kier molecular flexibility index (Phi) is 4.90. The maximum absolute atomic E-state index is 5.25. The van der Waals surface area contributed by atoms with Gasteiger partial charge in [-0.2, -0.15) is 0 Å². The lowest BCUT2D eigenvalue weighted by Gasteiger charge is -2.06. The molecule has 19 heavy (non-hydrogen) atoms. The van der Waals surface area contributed by atoms with Crippen LogP contribution in [0, 0.1) is 0 Å². The molecule has 0 saturated heterocycles. The minimum atomic E-state index is 0.223. The summed E-state index contributed by atoms with van der Waals surface area (Å²) in [6, 6.07) is 6.06. The number of rotatable bonds is 5. The monoisotopic (exact) mass is 341 g/mol. The molecule has 0 radical (unpaired) electrons. The van der Waals surface area contributed by atoms with E-state index in [1.807, 2.05) is 18.2 Å². The van der Waals surface area contributed by atoms with Gasteiger partial charge in [-0.05, 0) is 31.7 Å². The Hall–Kier alpha value is -0.980. The van der Waals surface area contributed by atoms with Gasteiger partial charge < -0.3 is 10.1 Å². The van der Waals surface area contributed by atoms with Crippen LogP contribution in [-0.4, -0.2) is 23.9 Å². The van der Waals surface area contributed by atoms with E-state index in [0.717, 1.165) is 32.3 Å². The van der Waals surface area contributed by atoms with Gasteiger partial charge in [-0.3, -0.25) is 0 Å². The second-order valence-electron chi connectivity index (χ2n) is 4.07. The van der Waals surface area contributed by atoms with Gasteiger partial charge in [0.25, 0.3) is 0 Å². The standard InChI is InChI=1S/C13H16BrN3OS/c1-4-15-8(2)12-16-17-13(19-12)10-7-9(18-3)5-6-11(10)14/h5-8,15H,4H2,1-3H3. The van der Waals surface area contributed by atoms with Crippen molar-refractivity contribution in [3.05, 3.63) is 27.7 Å². The predicted molar refractivity (Wildman–Crippen MR) is 81.7 cm³/mol. The van der Waals surface area contributed by atoms with Crippen molar-refractivity contribution in [2.24, 2.45) is 0 Å². The van der Waals surface area contributed by atoms with Crippen molar-refractivity contribution in [1.29, 1.82) is 0 Å². The summed E-state index contributed by atoms with van der Waals surface area (Å²) in [5, 5.41) is 13.7. The molecule has 1 aromatic heterocycles. The second kappa shape index (κ2) is 6.45. The van der Waals surface area contributed by atoms with Gasteiger partial charge in [-0.25, -0.2) is 0 Å². The number of nitrogens with zero attached hydrogens (tertiary/aromatic N) is 2. The Balaban J connectivity index is 2.32. The van der Waals surface area contributed by atoms with Crippen LogP contribution in [0.4, 0.5) is 0 Å². The Morgan fingerprint density at radius 2 is 2.21 bits per heavy atom. The van der Waals surface area contributed by atoms with Crippen molar-refractivity contribution in [3.63, 3.8) is 0 Å². The Labute approximate surface area is 125 Å². The van der Waals surface area contributed by atoms with Crippen LogP contribution in [-0.2, 0) is 0 Å². The summed E-state index contributed by atoms with van der Waals surface area (Å²) in [7, 11) is 1.66. The summed E-state index contributed by atoms with van der Waals surface area (Å²) in [4.78, 5) is 0. The molecule has 0 aliphatic rings. The van der Waals surface area contributed by atoms with Crippen molar-refractivity contribution >= 4 is 27.3 Å². The molecule has 2 rings (SSSR count). The van der Waals surface area contributed by atoms with E-state index in [9.17, 15) is 0 Å². The molecule has 1 aromatic carbocycles. The number of hydrogen-bond acceptors (Lipinski definition) is 5. The third-order valence-electron chi connectivity index (χ3n) is 2.73. The maximum Gasteiger partial charge on any atom is 0.149 e. The molecule has 102 valence electrons. The molecule has 0 spiro atoms. The van der Waals surface area contributed by atoms with Gasteiger partial charge in [0.15, 0.2) is 0 Å². The van der Waals surface area contributed by atoms with Crippen LogP contribution in [0.5, 0.6) is 5.75 Å². The number of aromatic nitrogens is 2. The lowest BCUT2D eigenvalue weighted by atomic mass is 10.2. The van der Waals surface area contributed by atoms with E-state index in [2.05, 4.69) is 45.3 Å². The summed E-state index contributed by atoms with van der Waals surface area (Å²) < 4.78 is 6.24. The first-order chi connectivity index (χ1) is 9.15. The minimum Gasteiger partial charge on any atom is -0.497 e. The molecule has 0 fully saturated rings. The van der Waals surface area contributed by atoms with Crippen LogP contribution in [0.25, 0.3) is 10.6 Å². The van der Waals surface area contributed by atoms with Gasteiger partial charge in [0.1, 0.15) is 15.8 Å². The fourth-order valence-corrected chi connectivity index (χ4v) is 3.17. The Morgan fingerprint density at radius 1 is 1.42 bits per heavy atom. The molecule has 4 nitrogen and oxygen atoms in total. The lowest BCUT2D eigenvalue weighted by molar-refractivity contribution is 0.415. The first-order valence-electron chi connectivity index (χ1n) is 6.06. The molecule has 0 bridgehead atoms. The van der Waals surface area contributed by atoms with Gasteiger partial charge in [-0.1, -0.05) is 34.2 Å². The smallest absolute Gasteiger partial charge is 0.149 e. The SMILES string of the molecule is CCNC(C)c1nnc(-c2cc(OC)ccc2Br)s1. The van der Waals surface area contributed by atoms with Gasteiger partial charge in [0.2, 0.25) is 0 Å². The van der Waals surface area contributed by atoms with E-state index in [1.165, 1.54) is 0 Å². The predicted octanol–water partition coefficient (Wildman–Crippen LogP) is 3.65. The highest BCUT2D eigenvalue weighted by Gasteiger charge is 2.14. The number of benzene rings is 1.